The van der Waals surface area contributed by atoms with Crippen molar-refractivity contribution in [2.24, 2.45) is 14.1 Å². The topological polar surface area (TPSA) is 79.4 Å². The molecule has 1 aromatic carbocycles. The molecule has 0 saturated heterocycles. The molecule has 0 radical (unpaired) electrons. The van der Waals surface area contributed by atoms with Gasteiger partial charge in [-0.1, -0.05) is 0 Å². The van der Waals surface area contributed by atoms with Crippen molar-refractivity contribution in [2.45, 2.75) is 0 Å². The Hall–Kier alpha value is -3.88. The summed E-state index contributed by atoms with van der Waals surface area (Å²) in [4.78, 5) is 29.6. The molecule has 4 aromatic heterocycles. The minimum Gasteiger partial charge on any atom is -0.463 e. The van der Waals surface area contributed by atoms with Crippen molar-refractivity contribution in [1.82, 2.24) is 23.1 Å². The molecule has 0 unspecified atom stereocenters. The molecule has 0 atom stereocenters. The number of rotatable bonds is 2. The Morgan fingerprint density at radius 3 is 2.46 bits per heavy atom. The lowest BCUT2D eigenvalue weighted by molar-refractivity contribution is 0.578. The third kappa shape index (κ3) is 2.07. The van der Waals surface area contributed by atoms with E-state index in [1.54, 1.807) is 52.7 Å². The van der Waals surface area contributed by atoms with E-state index in [0.717, 1.165) is 4.57 Å². The summed E-state index contributed by atoms with van der Waals surface area (Å²) in [5, 5.41) is 0. The first kappa shape index (κ1) is 16.3. The number of furan rings is 1. The molecule has 0 aliphatic heterocycles. The summed E-state index contributed by atoms with van der Waals surface area (Å²) in [7, 11) is 2.99. The fourth-order valence-corrected chi connectivity index (χ4v) is 3.41. The third-order valence-corrected chi connectivity index (χ3v) is 4.82. The molecule has 9 heteroatoms. The van der Waals surface area contributed by atoms with Gasteiger partial charge in [0, 0.05) is 26.0 Å². The molecule has 0 spiro atoms. The molecule has 5 aromatic rings. The van der Waals surface area contributed by atoms with Gasteiger partial charge in [0.1, 0.15) is 11.5 Å². The van der Waals surface area contributed by atoms with Crippen LogP contribution in [0.1, 0.15) is 0 Å². The highest BCUT2D eigenvalue weighted by Crippen LogP contribution is 2.29. The van der Waals surface area contributed by atoms with Crippen LogP contribution in [0.15, 0.2) is 62.9 Å². The van der Waals surface area contributed by atoms with E-state index >= 15 is 0 Å². The van der Waals surface area contributed by atoms with Crippen LogP contribution in [0.2, 0.25) is 0 Å². The Morgan fingerprint density at radius 2 is 1.79 bits per heavy atom. The van der Waals surface area contributed by atoms with Crippen LogP contribution in [-0.2, 0) is 14.1 Å². The summed E-state index contributed by atoms with van der Waals surface area (Å²) in [6.07, 6.45) is 3.26. The number of imidazole rings is 2. The van der Waals surface area contributed by atoms with Gasteiger partial charge in [-0.15, -0.1) is 0 Å². The number of halogens is 1. The average Bonchev–Trinajstić information content (AvgIpc) is 3.40. The van der Waals surface area contributed by atoms with Crippen LogP contribution in [0.3, 0.4) is 0 Å². The lowest BCUT2D eigenvalue weighted by Gasteiger charge is -2.07. The summed E-state index contributed by atoms with van der Waals surface area (Å²) < 4.78 is 24.7. The summed E-state index contributed by atoms with van der Waals surface area (Å²) in [5.41, 5.74) is 0.903. The largest absolute Gasteiger partial charge is 0.463 e. The minimum atomic E-state index is -0.460. The fraction of sp³-hybridized carbons (Fsp3) is 0.105. The van der Waals surface area contributed by atoms with Gasteiger partial charge >= 0.3 is 5.69 Å². The van der Waals surface area contributed by atoms with Crippen molar-refractivity contribution >= 4 is 16.9 Å². The third-order valence-electron chi connectivity index (χ3n) is 4.82. The molecule has 5 rings (SSSR count). The van der Waals surface area contributed by atoms with E-state index in [0.29, 0.717) is 22.9 Å². The van der Waals surface area contributed by atoms with Crippen LogP contribution in [0.25, 0.3) is 34.1 Å². The lowest BCUT2D eigenvalue weighted by Crippen LogP contribution is -2.37. The van der Waals surface area contributed by atoms with Crippen LogP contribution in [0.5, 0.6) is 0 Å². The molecule has 0 amide bonds. The quantitative estimate of drug-likeness (QED) is 0.470. The number of nitrogens with zero attached hydrogens (tertiary/aromatic N) is 5. The van der Waals surface area contributed by atoms with E-state index < -0.39 is 11.2 Å². The maximum absolute atomic E-state index is 13.4. The molecule has 8 nitrogen and oxygen atoms in total. The van der Waals surface area contributed by atoms with Crippen molar-refractivity contribution < 1.29 is 8.81 Å². The molecule has 0 aliphatic rings. The van der Waals surface area contributed by atoms with Crippen molar-refractivity contribution in [2.75, 3.05) is 0 Å². The zero-order valence-corrected chi connectivity index (χ0v) is 15.0. The molecule has 0 bridgehead atoms. The van der Waals surface area contributed by atoms with Gasteiger partial charge < -0.3 is 4.42 Å². The van der Waals surface area contributed by atoms with Crippen molar-refractivity contribution in [3.05, 3.63) is 75.5 Å². The molecular formula is C19H14FN5O3. The van der Waals surface area contributed by atoms with E-state index in [2.05, 4.69) is 4.98 Å². The maximum Gasteiger partial charge on any atom is 0.332 e. The number of fused-ring (bicyclic) bond motifs is 3. The summed E-state index contributed by atoms with van der Waals surface area (Å²) in [5.74, 6) is 0.604. The smallest absolute Gasteiger partial charge is 0.332 e. The second kappa shape index (κ2) is 5.56. The summed E-state index contributed by atoms with van der Waals surface area (Å²) in [6, 6.07) is 9.44. The van der Waals surface area contributed by atoms with Crippen molar-refractivity contribution in [1.29, 1.82) is 0 Å². The summed E-state index contributed by atoms with van der Waals surface area (Å²) in [6.45, 7) is 0. The highest BCUT2D eigenvalue weighted by Gasteiger charge is 2.22. The molecule has 4 heterocycles. The molecule has 28 heavy (non-hydrogen) atoms. The van der Waals surface area contributed by atoms with Crippen LogP contribution < -0.4 is 11.2 Å². The van der Waals surface area contributed by atoms with E-state index in [1.165, 1.54) is 23.7 Å². The standard InChI is InChI=1S/C19H14FN5O3/c1-22-16-15(17(26)23(2)19(22)27)24-10-13(14-4-3-9-28-14)25(18(24)21-16)12-7-5-11(20)6-8-12/h3-10H,1-2H3. The fourth-order valence-electron chi connectivity index (χ4n) is 3.41. The molecule has 0 N–H and O–H groups in total. The lowest BCUT2D eigenvalue weighted by atomic mass is 10.3. The Labute approximate surface area is 156 Å². The van der Waals surface area contributed by atoms with Gasteiger partial charge in [-0.2, -0.15) is 4.98 Å². The van der Waals surface area contributed by atoms with E-state index in [-0.39, 0.29) is 17.0 Å². The zero-order valence-electron chi connectivity index (χ0n) is 15.0. The number of hydrogen-bond acceptors (Lipinski definition) is 4. The Morgan fingerprint density at radius 1 is 1.04 bits per heavy atom. The molecule has 0 aliphatic carbocycles. The predicted molar refractivity (Wildman–Crippen MR) is 100 cm³/mol. The van der Waals surface area contributed by atoms with Crippen molar-refractivity contribution in [3.63, 3.8) is 0 Å². The van der Waals surface area contributed by atoms with Gasteiger partial charge in [0.05, 0.1) is 6.26 Å². The van der Waals surface area contributed by atoms with E-state index in [4.69, 9.17) is 4.42 Å². The first-order valence-electron chi connectivity index (χ1n) is 8.46. The van der Waals surface area contributed by atoms with Gasteiger partial charge in [0.15, 0.2) is 16.9 Å². The number of aryl methyl sites for hydroxylation is 1. The molecule has 140 valence electrons. The van der Waals surface area contributed by atoms with Gasteiger partial charge in [-0.25, -0.2) is 9.18 Å². The predicted octanol–water partition coefficient (Wildman–Crippen LogP) is 2.07. The van der Waals surface area contributed by atoms with Crippen LogP contribution in [-0.4, -0.2) is 23.1 Å². The second-order valence-corrected chi connectivity index (χ2v) is 6.46. The number of hydrogen-bond donors (Lipinski definition) is 0. The molecule has 0 saturated carbocycles. The van der Waals surface area contributed by atoms with E-state index in [1.807, 2.05) is 0 Å². The monoisotopic (exact) mass is 379 g/mol. The van der Waals surface area contributed by atoms with Gasteiger partial charge in [0.25, 0.3) is 5.56 Å². The van der Waals surface area contributed by atoms with Crippen LogP contribution in [0, 0.1) is 5.82 Å². The first-order valence-corrected chi connectivity index (χ1v) is 8.46. The summed E-state index contributed by atoms with van der Waals surface area (Å²) >= 11 is 0. The second-order valence-electron chi connectivity index (χ2n) is 6.46. The molecular weight excluding hydrogens is 365 g/mol. The maximum atomic E-state index is 13.4. The Bertz CT molecular complexity index is 1470. The highest BCUT2D eigenvalue weighted by molar-refractivity contribution is 5.78. The van der Waals surface area contributed by atoms with Crippen LogP contribution in [0.4, 0.5) is 4.39 Å². The average molecular weight is 379 g/mol. The van der Waals surface area contributed by atoms with E-state index in [9.17, 15) is 14.0 Å². The Balaban J connectivity index is 1.98. The molecule has 0 fully saturated rings. The van der Waals surface area contributed by atoms with Crippen molar-refractivity contribution in [3.8, 4) is 17.1 Å². The van der Waals surface area contributed by atoms with Gasteiger partial charge in [-0.3, -0.25) is 22.9 Å². The normalized spacial score (nSPS) is 11.7. The van der Waals surface area contributed by atoms with Gasteiger partial charge in [-0.05, 0) is 36.4 Å². The van der Waals surface area contributed by atoms with Gasteiger partial charge in [0.2, 0.25) is 5.78 Å². The minimum absolute atomic E-state index is 0.268. The zero-order chi connectivity index (χ0) is 19.6. The first-order chi connectivity index (χ1) is 13.5. The number of aromatic nitrogens is 5. The Kier molecular flexibility index (Phi) is 3.24. The number of benzene rings is 1. The van der Waals surface area contributed by atoms with Crippen LogP contribution >= 0.6 is 0 Å². The highest BCUT2D eigenvalue weighted by atomic mass is 19.1. The SMILES string of the molecule is Cn1c(=O)c2c(nc3n(-c4ccc(F)cc4)c(-c4ccco4)cn23)n(C)c1=O.